The number of pyridine rings is 2. The average molecular weight is 325 g/mol. The number of carbonyl (C=O) groups is 2. The van der Waals surface area contributed by atoms with E-state index in [4.69, 9.17) is 5.11 Å². The molecular weight excluding hydrogens is 306 g/mol. The van der Waals surface area contributed by atoms with E-state index < -0.39 is 5.97 Å². The monoisotopic (exact) mass is 325 g/mol. The number of carbonyl (C=O) groups excluding carboxylic acids is 1. The Hall–Kier alpha value is -2.76. The smallest absolute Gasteiger partial charge is 0.337 e. The molecule has 1 aliphatic rings. The molecule has 1 fully saturated rings. The van der Waals surface area contributed by atoms with Gasteiger partial charge in [-0.3, -0.25) is 14.8 Å². The standard InChI is InChI=1S/C18H19N3O3/c1-12(22)21-5-4-14(11-21)6-13-2-3-17(20-8-13)15-7-16(18(23)24)10-19-9-15/h2-3,7-10,14H,4-6,11H2,1H3,(H,23,24)/t14-/m0/s1. The van der Waals surface area contributed by atoms with Crippen LogP contribution in [-0.4, -0.2) is 44.9 Å². The van der Waals surface area contributed by atoms with E-state index in [-0.39, 0.29) is 11.5 Å². The summed E-state index contributed by atoms with van der Waals surface area (Å²) in [6.07, 6.45) is 6.66. The number of rotatable bonds is 4. The lowest BCUT2D eigenvalue weighted by Gasteiger charge is -2.14. The van der Waals surface area contributed by atoms with Gasteiger partial charge in [-0.25, -0.2) is 4.79 Å². The fraction of sp³-hybridized carbons (Fsp3) is 0.333. The van der Waals surface area contributed by atoms with Gasteiger partial charge >= 0.3 is 5.97 Å². The van der Waals surface area contributed by atoms with Gasteiger partial charge in [-0.05, 0) is 36.5 Å². The van der Waals surface area contributed by atoms with Crippen molar-refractivity contribution in [2.24, 2.45) is 5.92 Å². The summed E-state index contributed by atoms with van der Waals surface area (Å²) < 4.78 is 0. The number of nitrogens with zero attached hydrogens (tertiary/aromatic N) is 3. The lowest BCUT2D eigenvalue weighted by Crippen LogP contribution is -2.26. The topological polar surface area (TPSA) is 83.4 Å². The highest BCUT2D eigenvalue weighted by molar-refractivity contribution is 5.88. The van der Waals surface area contributed by atoms with Crippen LogP contribution in [0.25, 0.3) is 11.3 Å². The maximum absolute atomic E-state index is 11.4. The molecule has 1 saturated heterocycles. The van der Waals surface area contributed by atoms with Crippen molar-refractivity contribution in [1.82, 2.24) is 14.9 Å². The van der Waals surface area contributed by atoms with Crippen molar-refractivity contribution in [2.75, 3.05) is 13.1 Å². The molecule has 24 heavy (non-hydrogen) atoms. The molecule has 2 aromatic rings. The van der Waals surface area contributed by atoms with E-state index in [0.717, 1.165) is 31.5 Å². The van der Waals surface area contributed by atoms with Gasteiger partial charge in [0, 0.05) is 44.2 Å². The quantitative estimate of drug-likeness (QED) is 0.932. The van der Waals surface area contributed by atoms with E-state index in [1.54, 1.807) is 19.2 Å². The second-order valence-electron chi connectivity index (χ2n) is 6.14. The average Bonchev–Trinajstić information content (AvgIpc) is 3.04. The fourth-order valence-electron chi connectivity index (χ4n) is 3.03. The van der Waals surface area contributed by atoms with Crippen LogP contribution in [0.1, 0.15) is 29.3 Å². The van der Waals surface area contributed by atoms with Gasteiger partial charge in [0.1, 0.15) is 0 Å². The first-order chi connectivity index (χ1) is 11.5. The van der Waals surface area contributed by atoms with Crippen molar-refractivity contribution in [3.8, 4) is 11.3 Å². The van der Waals surface area contributed by atoms with Gasteiger partial charge in [0.05, 0.1) is 11.3 Å². The third-order valence-corrected chi connectivity index (χ3v) is 4.36. The van der Waals surface area contributed by atoms with Crippen LogP contribution in [0.3, 0.4) is 0 Å². The Balaban J connectivity index is 1.69. The van der Waals surface area contributed by atoms with Crippen molar-refractivity contribution in [3.05, 3.63) is 47.9 Å². The third-order valence-electron chi connectivity index (χ3n) is 4.36. The number of hydrogen-bond donors (Lipinski definition) is 1. The number of aromatic carboxylic acids is 1. The van der Waals surface area contributed by atoms with Crippen LogP contribution in [0.5, 0.6) is 0 Å². The van der Waals surface area contributed by atoms with E-state index in [1.165, 1.54) is 6.20 Å². The van der Waals surface area contributed by atoms with E-state index >= 15 is 0 Å². The summed E-state index contributed by atoms with van der Waals surface area (Å²) in [5.74, 6) is -0.396. The number of carboxylic acids is 1. The Morgan fingerprint density at radius 1 is 1.29 bits per heavy atom. The summed E-state index contributed by atoms with van der Waals surface area (Å²) in [4.78, 5) is 32.7. The van der Waals surface area contributed by atoms with E-state index in [1.807, 2.05) is 23.2 Å². The zero-order valence-corrected chi connectivity index (χ0v) is 13.5. The second-order valence-corrected chi connectivity index (χ2v) is 6.14. The lowest BCUT2D eigenvalue weighted by molar-refractivity contribution is -0.127. The number of aromatic nitrogens is 2. The van der Waals surface area contributed by atoms with Crippen molar-refractivity contribution in [2.45, 2.75) is 19.8 Å². The maximum atomic E-state index is 11.4. The molecule has 1 N–H and O–H groups in total. The van der Waals surface area contributed by atoms with Crippen LogP contribution in [0.15, 0.2) is 36.8 Å². The van der Waals surface area contributed by atoms with Crippen LogP contribution in [0.2, 0.25) is 0 Å². The summed E-state index contributed by atoms with van der Waals surface area (Å²) in [6.45, 7) is 3.25. The Labute approximate surface area is 140 Å². The second kappa shape index (κ2) is 6.78. The van der Waals surface area contributed by atoms with Gasteiger partial charge in [-0.1, -0.05) is 6.07 Å². The van der Waals surface area contributed by atoms with Crippen LogP contribution in [0.4, 0.5) is 0 Å². The van der Waals surface area contributed by atoms with Crippen LogP contribution in [0, 0.1) is 5.92 Å². The molecule has 3 heterocycles. The molecule has 124 valence electrons. The number of carboxylic acid groups (broad SMARTS) is 1. The molecule has 1 amide bonds. The third kappa shape index (κ3) is 3.59. The van der Waals surface area contributed by atoms with Gasteiger partial charge in [0.2, 0.25) is 5.91 Å². The molecule has 1 atom stereocenters. The summed E-state index contributed by atoms with van der Waals surface area (Å²) in [5, 5.41) is 9.03. The summed E-state index contributed by atoms with van der Waals surface area (Å²) in [5.41, 5.74) is 2.65. The Morgan fingerprint density at radius 2 is 2.12 bits per heavy atom. The first kappa shape index (κ1) is 16.1. The molecule has 6 nitrogen and oxygen atoms in total. The molecule has 0 radical (unpaired) electrons. The summed E-state index contributed by atoms with van der Waals surface area (Å²) in [6, 6.07) is 5.46. The minimum atomic E-state index is -1.00. The number of amides is 1. The predicted molar refractivity (Wildman–Crippen MR) is 88.5 cm³/mol. The SMILES string of the molecule is CC(=O)N1CC[C@@H](Cc2ccc(-c3cncc(C(=O)O)c3)nc2)C1. The molecule has 0 saturated carbocycles. The molecule has 6 heteroatoms. The Morgan fingerprint density at radius 3 is 2.75 bits per heavy atom. The van der Waals surface area contributed by atoms with E-state index in [9.17, 15) is 9.59 Å². The van der Waals surface area contributed by atoms with Gasteiger partial charge < -0.3 is 10.0 Å². The maximum Gasteiger partial charge on any atom is 0.337 e. The molecule has 0 spiro atoms. The molecule has 3 rings (SSSR count). The highest BCUT2D eigenvalue weighted by Crippen LogP contribution is 2.22. The van der Waals surface area contributed by atoms with Gasteiger partial charge in [-0.2, -0.15) is 0 Å². The molecule has 0 aromatic carbocycles. The zero-order chi connectivity index (χ0) is 17.1. The van der Waals surface area contributed by atoms with Crippen LogP contribution >= 0.6 is 0 Å². The largest absolute Gasteiger partial charge is 0.478 e. The van der Waals surface area contributed by atoms with E-state index in [2.05, 4.69) is 9.97 Å². The van der Waals surface area contributed by atoms with Gasteiger partial charge in [0.15, 0.2) is 0 Å². The summed E-state index contributed by atoms with van der Waals surface area (Å²) >= 11 is 0. The summed E-state index contributed by atoms with van der Waals surface area (Å²) in [7, 11) is 0. The van der Waals surface area contributed by atoms with Crippen molar-refractivity contribution in [1.29, 1.82) is 0 Å². The highest BCUT2D eigenvalue weighted by Gasteiger charge is 2.24. The van der Waals surface area contributed by atoms with Crippen LogP contribution < -0.4 is 0 Å². The fourth-order valence-corrected chi connectivity index (χ4v) is 3.03. The minimum Gasteiger partial charge on any atom is -0.478 e. The zero-order valence-electron chi connectivity index (χ0n) is 13.5. The molecule has 0 unspecified atom stereocenters. The van der Waals surface area contributed by atoms with Crippen molar-refractivity contribution >= 4 is 11.9 Å². The lowest BCUT2D eigenvalue weighted by atomic mass is 9.99. The first-order valence-corrected chi connectivity index (χ1v) is 7.92. The number of likely N-dealkylation sites (tertiary alicyclic amines) is 1. The number of hydrogen-bond acceptors (Lipinski definition) is 4. The first-order valence-electron chi connectivity index (χ1n) is 7.92. The Kier molecular flexibility index (Phi) is 4.55. The minimum absolute atomic E-state index is 0.136. The van der Waals surface area contributed by atoms with Crippen molar-refractivity contribution < 1.29 is 14.7 Å². The van der Waals surface area contributed by atoms with Gasteiger partial charge in [-0.15, -0.1) is 0 Å². The molecule has 2 aromatic heterocycles. The molecule has 0 bridgehead atoms. The molecular formula is C18H19N3O3. The highest BCUT2D eigenvalue weighted by atomic mass is 16.4. The molecule has 0 aliphatic carbocycles. The van der Waals surface area contributed by atoms with E-state index in [0.29, 0.717) is 17.2 Å². The molecule has 1 aliphatic heterocycles. The van der Waals surface area contributed by atoms with Gasteiger partial charge in [0.25, 0.3) is 0 Å². The Bertz CT molecular complexity index is 758. The van der Waals surface area contributed by atoms with Crippen molar-refractivity contribution in [3.63, 3.8) is 0 Å². The normalized spacial score (nSPS) is 17.0. The predicted octanol–water partition coefficient (Wildman–Crippen LogP) is 2.25. The van der Waals surface area contributed by atoms with Crippen LogP contribution in [-0.2, 0) is 11.2 Å².